The molecule has 3 saturated heterocycles. The van der Waals surface area contributed by atoms with Crippen LogP contribution in [0, 0.1) is 31.6 Å². The largest absolute Gasteiger partial charge is 0.451 e. The van der Waals surface area contributed by atoms with E-state index in [1.807, 2.05) is 0 Å². The summed E-state index contributed by atoms with van der Waals surface area (Å²) in [6.07, 6.45) is -2.58. The second-order valence-corrected chi connectivity index (χ2v) is 10.5. The molecule has 2 atom stereocenters. The zero-order valence-electron chi connectivity index (χ0n) is 17.2. The number of halogens is 3. The minimum absolute atomic E-state index is 0.159. The summed E-state index contributed by atoms with van der Waals surface area (Å²) in [7, 11) is -3.94. The molecule has 0 aromatic carbocycles. The molecule has 30 heavy (non-hydrogen) atoms. The fraction of sp³-hybridized carbons (Fsp3) is 0.789. The van der Waals surface area contributed by atoms with Crippen LogP contribution in [-0.2, 0) is 20.9 Å². The van der Waals surface area contributed by atoms with E-state index in [0.717, 1.165) is 45.7 Å². The summed E-state index contributed by atoms with van der Waals surface area (Å²) in [6, 6.07) is 0. The van der Waals surface area contributed by atoms with Gasteiger partial charge in [-0.25, -0.2) is 18.4 Å². The minimum atomic E-state index is -4.71. The van der Waals surface area contributed by atoms with E-state index in [-0.39, 0.29) is 28.1 Å². The first-order valence-electron chi connectivity index (χ1n) is 10.3. The predicted molar refractivity (Wildman–Crippen MR) is 102 cm³/mol. The minimum Gasteiger partial charge on any atom is -0.381 e. The van der Waals surface area contributed by atoms with E-state index in [9.17, 15) is 21.6 Å². The molecule has 0 unspecified atom stereocenters. The van der Waals surface area contributed by atoms with Crippen molar-refractivity contribution in [2.75, 3.05) is 45.9 Å². The van der Waals surface area contributed by atoms with Gasteiger partial charge in [0.2, 0.25) is 15.8 Å². The molecule has 4 rings (SSSR count). The Balaban J connectivity index is 1.45. The van der Waals surface area contributed by atoms with Gasteiger partial charge in [0, 0.05) is 45.9 Å². The van der Waals surface area contributed by atoms with Crippen molar-refractivity contribution in [1.82, 2.24) is 19.2 Å². The Bertz CT molecular complexity index is 866. The quantitative estimate of drug-likeness (QED) is 0.702. The van der Waals surface area contributed by atoms with E-state index in [2.05, 4.69) is 14.9 Å². The molecule has 0 amide bonds. The maximum atomic E-state index is 13.2. The molecule has 3 aliphatic heterocycles. The highest BCUT2D eigenvalue weighted by molar-refractivity contribution is 7.89. The highest BCUT2D eigenvalue weighted by Gasteiger charge is 2.46. The summed E-state index contributed by atoms with van der Waals surface area (Å²) in [5, 5.41) is 0. The Hall–Kier alpha value is -1.30. The van der Waals surface area contributed by atoms with Crippen LogP contribution < -0.4 is 0 Å². The number of hydrogen-bond acceptors (Lipinski definition) is 6. The standard InChI is InChI=1S/C19H27F3N4O3S/c1-12-17(13(2)24-18(23-12)19(20,21)22)30(27,28)26-10-15-8-25(9-16(15)11-26)7-14-3-5-29-6-4-14/h14-16H,3-11H2,1-2H3/t15-,16-/m0/s1. The fourth-order valence-electron chi connectivity index (χ4n) is 5.02. The van der Waals surface area contributed by atoms with Gasteiger partial charge in [-0.15, -0.1) is 0 Å². The van der Waals surface area contributed by atoms with Crippen LogP contribution in [0.3, 0.4) is 0 Å². The molecule has 7 nitrogen and oxygen atoms in total. The molecule has 0 bridgehead atoms. The van der Waals surface area contributed by atoms with Gasteiger partial charge in [0.1, 0.15) is 4.90 Å². The van der Waals surface area contributed by atoms with Crippen LogP contribution in [0.1, 0.15) is 30.1 Å². The van der Waals surface area contributed by atoms with E-state index >= 15 is 0 Å². The van der Waals surface area contributed by atoms with Crippen LogP contribution >= 0.6 is 0 Å². The molecule has 1 aromatic heterocycles. The van der Waals surface area contributed by atoms with Crippen molar-refractivity contribution in [2.24, 2.45) is 17.8 Å². The SMILES string of the molecule is Cc1nc(C(F)(F)F)nc(C)c1S(=O)(=O)N1C[C@@H]2CN(CC3CCOCC3)C[C@H]2C1. The maximum absolute atomic E-state index is 13.2. The maximum Gasteiger partial charge on any atom is 0.451 e. The van der Waals surface area contributed by atoms with Gasteiger partial charge in [-0.3, -0.25) is 0 Å². The molecule has 0 spiro atoms. The van der Waals surface area contributed by atoms with Gasteiger partial charge >= 0.3 is 6.18 Å². The molecule has 3 aliphatic rings. The lowest BCUT2D eigenvalue weighted by Crippen LogP contribution is -2.36. The smallest absolute Gasteiger partial charge is 0.381 e. The van der Waals surface area contributed by atoms with Gasteiger partial charge in [0.15, 0.2) is 0 Å². The molecule has 0 N–H and O–H groups in total. The lowest BCUT2D eigenvalue weighted by Gasteiger charge is -2.28. The van der Waals surface area contributed by atoms with E-state index < -0.39 is 22.0 Å². The third-order valence-corrected chi connectivity index (χ3v) is 8.53. The summed E-state index contributed by atoms with van der Waals surface area (Å²) >= 11 is 0. The molecule has 1 aromatic rings. The fourth-order valence-corrected chi connectivity index (χ4v) is 6.89. The van der Waals surface area contributed by atoms with E-state index in [4.69, 9.17) is 4.74 Å². The van der Waals surface area contributed by atoms with E-state index in [0.29, 0.717) is 19.0 Å². The Morgan fingerprint density at radius 3 is 2.03 bits per heavy atom. The number of ether oxygens (including phenoxy) is 1. The first kappa shape index (κ1) is 21.9. The molecule has 0 saturated carbocycles. The third-order valence-electron chi connectivity index (χ3n) is 6.44. The predicted octanol–water partition coefficient (Wildman–Crippen LogP) is 2.09. The topological polar surface area (TPSA) is 75.6 Å². The second-order valence-electron chi connectivity index (χ2n) is 8.66. The summed E-state index contributed by atoms with van der Waals surface area (Å²) in [4.78, 5) is 9.09. The van der Waals surface area contributed by atoms with Gasteiger partial charge in [0.05, 0.1) is 11.4 Å². The highest BCUT2D eigenvalue weighted by Crippen LogP contribution is 2.36. The molecule has 11 heteroatoms. The van der Waals surface area contributed by atoms with Gasteiger partial charge in [-0.2, -0.15) is 17.5 Å². The van der Waals surface area contributed by atoms with Crippen LogP contribution in [0.4, 0.5) is 13.2 Å². The average Bonchev–Trinajstić information content (AvgIpc) is 3.20. The van der Waals surface area contributed by atoms with Crippen molar-refractivity contribution in [3.63, 3.8) is 0 Å². The number of nitrogens with zero attached hydrogens (tertiary/aromatic N) is 4. The summed E-state index contributed by atoms with van der Waals surface area (Å²) in [5.41, 5.74) is -0.318. The summed E-state index contributed by atoms with van der Waals surface area (Å²) in [5.74, 6) is -0.184. The zero-order chi connectivity index (χ0) is 21.7. The van der Waals surface area contributed by atoms with Gasteiger partial charge < -0.3 is 9.64 Å². The van der Waals surface area contributed by atoms with Crippen LogP contribution in [0.5, 0.6) is 0 Å². The van der Waals surface area contributed by atoms with Crippen molar-refractivity contribution in [3.05, 3.63) is 17.2 Å². The van der Waals surface area contributed by atoms with Gasteiger partial charge in [0.25, 0.3) is 0 Å². The normalized spacial score (nSPS) is 27.0. The van der Waals surface area contributed by atoms with Crippen molar-refractivity contribution < 1.29 is 26.3 Å². The number of fused-ring (bicyclic) bond motifs is 1. The molecule has 4 heterocycles. The van der Waals surface area contributed by atoms with Crippen LogP contribution in [0.25, 0.3) is 0 Å². The Morgan fingerprint density at radius 2 is 1.53 bits per heavy atom. The number of sulfonamides is 1. The third kappa shape index (κ3) is 4.21. The number of aromatic nitrogens is 2. The van der Waals surface area contributed by atoms with Crippen molar-refractivity contribution >= 4 is 10.0 Å². The van der Waals surface area contributed by atoms with Crippen LogP contribution in [0.2, 0.25) is 0 Å². The second kappa shape index (κ2) is 7.99. The van der Waals surface area contributed by atoms with Crippen molar-refractivity contribution in [1.29, 1.82) is 0 Å². The van der Waals surface area contributed by atoms with Crippen LogP contribution in [-0.4, -0.2) is 73.5 Å². The molecular weight excluding hydrogens is 421 g/mol. The van der Waals surface area contributed by atoms with Crippen LogP contribution in [0.15, 0.2) is 4.90 Å². The number of aryl methyl sites for hydroxylation is 2. The first-order valence-corrected chi connectivity index (χ1v) is 11.7. The average molecular weight is 449 g/mol. The Morgan fingerprint density at radius 1 is 1.00 bits per heavy atom. The number of likely N-dealkylation sites (tertiary alicyclic amines) is 1. The van der Waals surface area contributed by atoms with Crippen molar-refractivity contribution in [3.8, 4) is 0 Å². The van der Waals surface area contributed by atoms with Gasteiger partial charge in [-0.05, 0) is 44.4 Å². The van der Waals surface area contributed by atoms with Gasteiger partial charge in [-0.1, -0.05) is 0 Å². The summed E-state index contributed by atoms with van der Waals surface area (Å²) in [6.45, 7) is 7.72. The molecule has 0 radical (unpaired) electrons. The lowest BCUT2D eigenvalue weighted by atomic mass is 10.00. The van der Waals surface area contributed by atoms with Crippen molar-refractivity contribution in [2.45, 2.75) is 37.8 Å². The molecule has 0 aliphatic carbocycles. The lowest BCUT2D eigenvalue weighted by molar-refractivity contribution is -0.145. The Labute approximate surface area is 174 Å². The first-order chi connectivity index (χ1) is 14.1. The monoisotopic (exact) mass is 448 g/mol. The Kier molecular flexibility index (Phi) is 5.84. The number of hydrogen-bond donors (Lipinski definition) is 0. The zero-order valence-corrected chi connectivity index (χ0v) is 18.0. The number of rotatable bonds is 4. The molecule has 168 valence electrons. The van der Waals surface area contributed by atoms with E-state index in [1.165, 1.54) is 18.2 Å². The molecular formula is C19H27F3N4O3S. The summed E-state index contributed by atoms with van der Waals surface area (Å²) < 4.78 is 72.0. The number of alkyl halides is 3. The highest BCUT2D eigenvalue weighted by atomic mass is 32.2. The van der Waals surface area contributed by atoms with E-state index in [1.54, 1.807) is 0 Å². The molecule has 3 fully saturated rings.